The summed E-state index contributed by atoms with van der Waals surface area (Å²) in [5, 5.41) is 12.1. The van der Waals surface area contributed by atoms with Crippen molar-refractivity contribution in [3.05, 3.63) is 48.3 Å². The molecule has 7 heteroatoms. The predicted molar refractivity (Wildman–Crippen MR) is 202 cm³/mol. The Kier molecular flexibility index (Phi) is 15.1. The normalized spacial score (nSPS) is 31.2. The van der Waals surface area contributed by atoms with Crippen molar-refractivity contribution in [1.82, 2.24) is 0 Å². The monoisotopic (exact) mass is 706 g/mol. The van der Waals surface area contributed by atoms with Crippen LogP contribution in [0, 0.1) is 34.5 Å². The zero-order valence-electron chi connectivity index (χ0n) is 32.1. The van der Waals surface area contributed by atoms with Crippen LogP contribution < -0.4 is 0 Å². The van der Waals surface area contributed by atoms with E-state index in [2.05, 4.69) is 25.7 Å². The minimum absolute atomic E-state index is 0.00104. The summed E-state index contributed by atoms with van der Waals surface area (Å²) in [6.45, 7) is 12.0. The third-order valence-electron chi connectivity index (χ3n) is 12.9. The maximum absolute atomic E-state index is 13.9. The first kappa shape index (κ1) is 41.0. The van der Waals surface area contributed by atoms with Crippen molar-refractivity contribution in [3.63, 3.8) is 0 Å². The highest BCUT2D eigenvalue weighted by Crippen LogP contribution is 2.67. The van der Waals surface area contributed by atoms with Crippen LogP contribution in [-0.4, -0.2) is 47.2 Å². The second kappa shape index (κ2) is 18.8. The standard InChI is InChI=1S/C44H66O7/c1-6-7-8-9-10-11-12-13-14-15-16-17-18-19-20-27-50-33(3)21-24-40(48)51-31-39(47)44(49)32(2)28-37-36-23-22-34-29-35(45)25-26-42(34,4)41(36)38(46)30-43(37,44)5/h12-13,25-26,29,32,36-37,41,49H,3,6-11,14-24,27-28,30-31H2,1-2,4-5H3/b13-12-/t32-,36+,37+,41-,42+,43+,44+/m1/s1. The molecule has 0 unspecified atom stereocenters. The Morgan fingerprint density at radius 2 is 1.59 bits per heavy atom. The molecule has 284 valence electrons. The Bertz CT molecular complexity index is 1340. The van der Waals surface area contributed by atoms with Crippen molar-refractivity contribution in [1.29, 1.82) is 0 Å². The number of aliphatic hydroxyl groups is 1. The van der Waals surface area contributed by atoms with Gasteiger partial charge in [0.2, 0.25) is 5.78 Å². The predicted octanol–water partition coefficient (Wildman–Crippen LogP) is 9.52. The van der Waals surface area contributed by atoms with Crippen LogP contribution in [0.5, 0.6) is 0 Å². The molecule has 4 aliphatic rings. The van der Waals surface area contributed by atoms with Gasteiger partial charge in [-0.05, 0) is 81.3 Å². The number of ketones is 3. The van der Waals surface area contributed by atoms with Gasteiger partial charge in [-0.2, -0.15) is 0 Å². The van der Waals surface area contributed by atoms with Gasteiger partial charge in [-0.1, -0.05) is 109 Å². The lowest BCUT2D eigenvalue weighted by molar-refractivity contribution is -0.176. The van der Waals surface area contributed by atoms with Gasteiger partial charge in [0.1, 0.15) is 11.4 Å². The lowest BCUT2D eigenvalue weighted by atomic mass is 9.46. The number of allylic oxidation sites excluding steroid dienone is 7. The molecule has 4 rings (SSSR count). The average molecular weight is 707 g/mol. The molecule has 51 heavy (non-hydrogen) atoms. The summed E-state index contributed by atoms with van der Waals surface area (Å²) in [5.41, 5.74) is -2.23. The topological polar surface area (TPSA) is 107 Å². The molecule has 1 N–H and O–H groups in total. The molecule has 3 saturated carbocycles. The minimum Gasteiger partial charge on any atom is -0.499 e. The molecule has 0 bridgehead atoms. The van der Waals surface area contributed by atoms with Crippen molar-refractivity contribution in [2.75, 3.05) is 13.2 Å². The summed E-state index contributed by atoms with van der Waals surface area (Å²) < 4.78 is 11.1. The van der Waals surface area contributed by atoms with Crippen molar-refractivity contribution < 1.29 is 33.8 Å². The highest BCUT2D eigenvalue weighted by atomic mass is 16.5. The Balaban J connectivity index is 1.11. The first-order valence-electron chi connectivity index (χ1n) is 20.2. The summed E-state index contributed by atoms with van der Waals surface area (Å²) in [6, 6.07) is 0. The van der Waals surface area contributed by atoms with Gasteiger partial charge in [0.05, 0.1) is 18.8 Å². The molecule has 0 aliphatic heterocycles. The smallest absolute Gasteiger partial charge is 0.306 e. The SMILES string of the molecule is C=C(CCC(=O)OCC(=O)[C@@]1(O)[C@H](C)C[C@H]2[C@@H]3CCC4=CC(=O)C=C[C@]4(C)[C@H]3C(=O)C[C@@]21C)OCCCCCCCC/C=C\CCCCCCC. The molecule has 7 nitrogen and oxygen atoms in total. The van der Waals surface area contributed by atoms with E-state index in [4.69, 9.17) is 9.47 Å². The molecule has 0 aromatic rings. The Labute approximate surface area is 307 Å². The van der Waals surface area contributed by atoms with Crippen molar-refractivity contribution in [3.8, 4) is 0 Å². The van der Waals surface area contributed by atoms with Crippen LogP contribution in [0.2, 0.25) is 0 Å². The van der Waals surface area contributed by atoms with Gasteiger partial charge in [0, 0.05) is 29.6 Å². The van der Waals surface area contributed by atoms with Gasteiger partial charge >= 0.3 is 5.97 Å². The van der Waals surface area contributed by atoms with Gasteiger partial charge in [0.25, 0.3) is 0 Å². The van der Waals surface area contributed by atoms with Gasteiger partial charge < -0.3 is 14.6 Å². The van der Waals surface area contributed by atoms with Crippen molar-refractivity contribution >= 4 is 23.3 Å². The number of carbonyl (C=O) groups is 4. The van der Waals surface area contributed by atoms with Crippen LogP contribution in [-0.2, 0) is 28.7 Å². The van der Waals surface area contributed by atoms with Crippen LogP contribution in [0.4, 0.5) is 0 Å². The number of esters is 1. The summed E-state index contributed by atoms with van der Waals surface area (Å²) >= 11 is 0. The average Bonchev–Trinajstić information content (AvgIpc) is 3.30. The maximum atomic E-state index is 13.9. The molecule has 3 fully saturated rings. The second-order valence-electron chi connectivity index (χ2n) is 16.5. The van der Waals surface area contributed by atoms with Gasteiger partial charge in [-0.15, -0.1) is 0 Å². The number of ether oxygens (including phenoxy) is 2. The van der Waals surface area contributed by atoms with Crippen LogP contribution in [0.25, 0.3) is 0 Å². The number of hydrogen-bond acceptors (Lipinski definition) is 7. The summed E-state index contributed by atoms with van der Waals surface area (Å²) in [5.74, 6) is -1.26. The van der Waals surface area contributed by atoms with E-state index in [1.807, 2.05) is 26.8 Å². The number of fused-ring (bicyclic) bond motifs is 5. The Hall–Kier alpha value is -2.80. The van der Waals surface area contributed by atoms with E-state index in [-0.39, 0.29) is 48.1 Å². The third kappa shape index (κ3) is 9.60. The number of hydrogen-bond donors (Lipinski definition) is 1. The molecule has 4 aliphatic carbocycles. The van der Waals surface area contributed by atoms with Crippen molar-refractivity contribution in [2.24, 2.45) is 34.5 Å². The summed E-state index contributed by atoms with van der Waals surface area (Å²) in [4.78, 5) is 52.3. The number of carbonyl (C=O) groups excluding carboxylic acids is 4. The first-order valence-corrected chi connectivity index (χ1v) is 20.2. The highest BCUT2D eigenvalue weighted by molar-refractivity contribution is 6.02. The van der Waals surface area contributed by atoms with Crippen LogP contribution in [0.15, 0.2) is 48.3 Å². The zero-order chi connectivity index (χ0) is 37.1. The molecule has 0 heterocycles. The lowest BCUT2D eigenvalue weighted by Crippen LogP contribution is -2.62. The van der Waals surface area contributed by atoms with E-state index >= 15 is 0 Å². The number of Topliss-reactive ketones (excluding diaryl/α,β-unsaturated/α-hetero) is 2. The van der Waals surface area contributed by atoms with Crippen LogP contribution >= 0.6 is 0 Å². The van der Waals surface area contributed by atoms with Crippen LogP contribution in [0.3, 0.4) is 0 Å². The maximum Gasteiger partial charge on any atom is 0.306 e. The van der Waals surface area contributed by atoms with E-state index in [1.54, 1.807) is 12.2 Å². The van der Waals surface area contributed by atoms with Crippen LogP contribution in [0.1, 0.15) is 150 Å². The fourth-order valence-corrected chi connectivity index (χ4v) is 9.99. The van der Waals surface area contributed by atoms with E-state index in [0.717, 1.165) is 31.3 Å². The van der Waals surface area contributed by atoms with E-state index in [1.165, 1.54) is 70.6 Å². The fraction of sp³-hybridized carbons (Fsp3) is 0.727. The molecular formula is C44H66O7. The summed E-state index contributed by atoms with van der Waals surface area (Å²) in [6.07, 6.45) is 28.5. The number of rotatable bonds is 22. The fourth-order valence-electron chi connectivity index (χ4n) is 9.99. The summed E-state index contributed by atoms with van der Waals surface area (Å²) in [7, 11) is 0. The molecule has 0 aromatic carbocycles. The molecule has 0 radical (unpaired) electrons. The van der Waals surface area contributed by atoms with Crippen molar-refractivity contribution in [2.45, 2.75) is 155 Å². The van der Waals surface area contributed by atoms with E-state index < -0.39 is 34.8 Å². The molecular weight excluding hydrogens is 640 g/mol. The molecule has 7 atom stereocenters. The van der Waals surface area contributed by atoms with Gasteiger partial charge in [0.15, 0.2) is 12.4 Å². The highest BCUT2D eigenvalue weighted by Gasteiger charge is 2.70. The van der Waals surface area contributed by atoms with Gasteiger partial charge in [-0.3, -0.25) is 19.2 Å². The molecule has 0 amide bonds. The Morgan fingerprint density at radius 3 is 2.27 bits per heavy atom. The second-order valence-corrected chi connectivity index (χ2v) is 16.5. The zero-order valence-corrected chi connectivity index (χ0v) is 32.1. The molecule has 0 aromatic heterocycles. The largest absolute Gasteiger partial charge is 0.499 e. The minimum atomic E-state index is -1.77. The van der Waals surface area contributed by atoms with E-state index in [0.29, 0.717) is 25.2 Å². The third-order valence-corrected chi connectivity index (χ3v) is 12.9. The molecule has 0 saturated heterocycles. The lowest BCUT2D eigenvalue weighted by Gasteiger charge is -2.56. The Morgan fingerprint density at radius 1 is 0.941 bits per heavy atom. The quantitative estimate of drug-likeness (QED) is 0.0517. The number of unbranched alkanes of at least 4 members (excludes halogenated alkanes) is 11. The van der Waals surface area contributed by atoms with Gasteiger partial charge in [-0.25, -0.2) is 0 Å². The molecule has 0 spiro atoms. The first-order chi connectivity index (χ1) is 24.4. The van der Waals surface area contributed by atoms with E-state index in [9.17, 15) is 24.3 Å².